The molecule has 6 heteroatoms. The molecule has 0 bridgehead atoms. The van der Waals surface area contributed by atoms with Gasteiger partial charge in [-0.25, -0.2) is 4.98 Å². The fourth-order valence-corrected chi connectivity index (χ4v) is 1.91. The minimum Gasteiger partial charge on any atom is -0.469 e. The number of carbonyl (C=O) groups is 2. The smallest absolute Gasteiger partial charge is 0.311 e. The van der Waals surface area contributed by atoms with Gasteiger partial charge in [-0.05, 0) is 6.42 Å². The quantitative estimate of drug-likeness (QED) is 0.790. The van der Waals surface area contributed by atoms with Gasteiger partial charge >= 0.3 is 5.97 Å². The third-order valence-electron chi connectivity index (χ3n) is 2.11. The second kappa shape index (κ2) is 7.01. The molecule has 0 aromatic carbocycles. The van der Waals surface area contributed by atoms with Gasteiger partial charge < -0.3 is 10.1 Å². The van der Waals surface area contributed by atoms with Crippen LogP contribution in [-0.4, -0.2) is 24.0 Å². The molecule has 0 aliphatic rings. The number of methoxy groups -OCH3 is 1. The highest BCUT2D eigenvalue weighted by Crippen LogP contribution is 2.16. The number of esters is 1. The highest BCUT2D eigenvalue weighted by atomic mass is 32.1. The Morgan fingerprint density at radius 2 is 2.29 bits per heavy atom. The van der Waals surface area contributed by atoms with Gasteiger partial charge in [0, 0.05) is 11.8 Å². The molecule has 0 fully saturated rings. The van der Waals surface area contributed by atoms with Crippen molar-refractivity contribution in [3.05, 3.63) is 11.1 Å². The summed E-state index contributed by atoms with van der Waals surface area (Å²) in [5, 5.41) is 4.98. The van der Waals surface area contributed by atoms with E-state index in [-0.39, 0.29) is 18.3 Å². The molecule has 0 aliphatic heterocycles. The van der Waals surface area contributed by atoms with Crippen molar-refractivity contribution >= 4 is 28.3 Å². The van der Waals surface area contributed by atoms with Crippen molar-refractivity contribution < 1.29 is 14.3 Å². The lowest BCUT2D eigenvalue weighted by atomic mass is 10.2. The van der Waals surface area contributed by atoms with Gasteiger partial charge in [0.1, 0.15) is 0 Å². The van der Waals surface area contributed by atoms with Gasteiger partial charge in [-0.2, -0.15) is 0 Å². The van der Waals surface area contributed by atoms with E-state index in [0.29, 0.717) is 17.2 Å². The van der Waals surface area contributed by atoms with Crippen LogP contribution in [0.1, 0.15) is 31.9 Å². The van der Waals surface area contributed by atoms with Gasteiger partial charge in [0.25, 0.3) is 0 Å². The van der Waals surface area contributed by atoms with E-state index in [0.717, 1.165) is 12.8 Å². The van der Waals surface area contributed by atoms with E-state index >= 15 is 0 Å². The summed E-state index contributed by atoms with van der Waals surface area (Å²) in [4.78, 5) is 26.6. The molecule has 1 rings (SSSR count). The Morgan fingerprint density at radius 1 is 1.53 bits per heavy atom. The molecule has 0 spiro atoms. The van der Waals surface area contributed by atoms with Crippen molar-refractivity contribution in [2.45, 2.75) is 32.6 Å². The number of carbonyl (C=O) groups excluding carboxylic acids is 2. The molecule has 0 saturated carbocycles. The lowest BCUT2D eigenvalue weighted by Gasteiger charge is -1.99. The zero-order valence-electron chi connectivity index (χ0n) is 9.99. The van der Waals surface area contributed by atoms with Crippen molar-refractivity contribution in [2.24, 2.45) is 0 Å². The molecule has 94 valence electrons. The molecular weight excluding hydrogens is 240 g/mol. The molecule has 1 N–H and O–H groups in total. The fourth-order valence-electron chi connectivity index (χ4n) is 1.18. The number of nitrogens with zero attached hydrogens (tertiary/aromatic N) is 1. The summed E-state index contributed by atoms with van der Waals surface area (Å²) < 4.78 is 4.54. The molecule has 1 heterocycles. The number of nitrogens with one attached hydrogen (secondary N) is 1. The zero-order chi connectivity index (χ0) is 12.7. The number of hydrogen-bond donors (Lipinski definition) is 1. The van der Waals surface area contributed by atoms with Crippen LogP contribution in [0.2, 0.25) is 0 Å². The Labute approximate surface area is 104 Å². The summed E-state index contributed by atoms with van der Waals surface area (Å²) in [6, 6.07) is 0. The topological polar surface area (TPSA) is 68.3 Å². The van der Waals surface area contributed by atoms with Crippen LogP contribution < -0.4 is 5.32 Å². The number of anilines is 1. The van der Waals surface area contributed by atoms with Crippen molar-refractivity contribution in [2.75, 3.05) is 12.4 Å². The van der Waals surface area contributed by atoms with Gasteiger partial charge in [-0.15, -0.1) is 11.3 Å². The molecule has 1 aromatic heterocycles. The Balaban J connectivity index is 2.45. The maximum absolute atomic E-state index is 11.4. The molecule has 0 atom stereocenters. The fraction of sp³-hybridized carbons (Fsp3) is 0.545. The van der Waals surface area contributed by atoms with Gasteiger partial charge in [-0.1, -0.05) is 13.3 Å². The third-order valence-corrected chi connectivity index (χ3v) is 2.92. The Morgan fingerprint density at radius 3 is 2.94 bits per heavy atom. The zero-order valence-corrected chi connectivity index (χ0v) is 10.8. The van der Waals surface area contributed by atoms with Crippen molar-refractivity contribution in [3.63, 3.8) is 0 Å². The molecular formula is C11H16N2O3S. The average Bonchev–Trinajstić information content (AvgIpc) is 2.73. The lowest BCUT2D eigenvalue weighted by Crippen LogP contribution is -2.11. The molecule has 0 saturated heterocycles. The van der Waals surface area contributed by atoms with Crippen molar-refractivity contribution in [1.29, 1.82) is 0 Å². The molecule has 5 nitrogen and oxygen atoms in total. The van der Waals surface area contributed by atoms with Crippen LogP contribution in [0.4, 0.5) is 5.13 Å². The molecule has 17 heavy (non-hydrogen) atoms. The van der Waals surface area contributed by atoms with Crippen LogP contribution in [0.5, 0.6) is 0 Å². The van der Waals surface area contributed by atoms with E-state index in [1.54, 1.807) is 5.38 Å². The van der Waals surface area contributed by atoms with Crippen LogP contribution in [0.15, 0.2) is 5.38 Å². The van der Waals surface area contributed by atoms with E-state index in [2.05, 4.69) is 15.0 Å². The van der Waals surface area contributed by atoms with E-state index in [9.17, 15) is 9.59 Å². The SMILES string of the molecule is CCCCC(=O)Nc1nc(CC(=O)OC)cs1. The standard InChI is InChI=1S/C11H16N2O3S/c1-3-4-5-9(14)13-11-12-8(7-17-11)6-10(15)16-2/h7H,3-6H2,1-2H3,(H,12,13,14). The van der Waals surface area contributed by atoms with Crippen molar-refractivity contribution in [1.82, 2.24) is 4.98 Å². The van der Waals surface area contributed by atoms with E-state index in [4.69, 9.17) is 0 Å². The first-order valence-corrected chi connectivity index (χ1v) is 6.34. The number of amides is 1. The number of aromatic nitrogens is 1. The van der Waals surface area contributed by atoms with Crippen molar-refractivity contribution in [3.8, 4) is 0 Å². The van der Waals surface area contributed by atoms with Gasteiger partial charge in [-0.3, -0.25) is 9.59 Å². The third kappa shape index (κ3) is 4.95. The van der Waals surface area contributed by atoms with Crippen LogP contribution in [0, 0.1) is 0 Å². The first-order valence-electron chi connectivity index (χ1n) is 5.46. The average molecular weight is 256 g/mol. The molecule has 1 amide bonds. The highest BCUT2D eigenvalue weighted by molar-refractivity contribution is 7.13. The minimum absolute atomic E-state index is 0.0363. The maximum Gasteiger partial charge on any atom is 0.311 e. The Hall–Kier alpha value is -1.43. The summed E-state index contributed by atoms with van der Waals surface area (Å²) in [6.07, 6.45) is 2.49. The summed E-state index contributed by atoms with van der Waals surface area (Å²) in [5.74, 6) is -0.370. The van der Waals surface area contributed by atoms with Crippen LogP contribution in [0.3, 0.4) is 0 Å². The van der Waals surface area contributed by atoms with Gasteiger partial charge in [0.15, 0.2) is 5.13 Å². The Bertz CT molecular complexity index is 390. The van der Waals surface area contributed by atoms with E-state index < -0.39 is 0 Å². The predicted molar refractivity (Wildman–Crippen MR) is 66.0 cm³/mol. The van der Waals surface area contributed by atoms with Gasteiger partial charge in [0.05, 0.1) is 19.2 Å². The van der Waals surface area contributed by atoms with Crippen LogP contribution in [-0.2, 0) is 20.7 Å². The summed E-state index contributed by atoms with van der Waals surface area (Å²) >= 11 is 1.31. The summed E-state index contributed by atoms with van der Waals surface area (Å²) in [6.45, 7) is 2.03. The van der Waals surface area contributed by atoms with Crippen LogP contribution in [0.25, 0.3) is 0 Å². The Kier molecular flexibility index (Phi) is 5.62. The minimum atomic E-state index is -0.334. The normalized spacial score (nSPS) is 10.0. The molecule has 1 aromatic rings. The van der Waals surface area contributed by atoms with E-state index in [1.165, 1.54) is 18.4 Å². The molecule has 0 unspecified atom stereocenters. The lowest BCUT2D eigenvalue weighted by molar-refractivity contribution is -0.139. The number of thiazole rings is 1. The van der Waals surface area contributed by atoms with E-state index in [1.807, 2.05) is 6.92 Å². The number of ether oxygens (including phenoxy) is 1. The first-order chi connectivity index (χ1) is 8.15. The summed E-state index contributed by atoms with van der Waals surface area (Å²) in [7, 11) is 1.34. The monoisotopic (exact) mass is 256 g/mol. The molecule has 0 aliphatic carbocycles. The number of unbranched alkanes of at least 4 members (excludes halogenated alkanes) is 1. The number of rotatable bonds is 6. The summed E-state index contributed by atoms with van der Waals surface area (Å²) in [5.41, 5.74) is 0.618. The number of hydrogen-bond acceptors (Lipinski definition) is 5. The largest absolute Gasteiger partial charge is 0.469 e. The highest BCUT2D eigenvalue weighted by Gasteiger charge is 2.09. The van der Waals surface area contributed by atoms with Crippen LogP contribution >= 0.6 is 11.3 Å². The first kappa shape index (κ1) is 13.6. The second-order valence-electron chi connectivity index (χ2n) is 3.55. The molecule has 0 radical (unpaired) electrons. The maximum atomic E-state index is 11.4. The predicted octanol–water partition coefficient (Wildman–Crippen LogP) is 1.99. The van der Waals surface area contributed by atoms with Gasteiger partial charge in [0.2, 0.25) is 5.91 Å². The second-order valence-corrected chi connectivity index (χ2v) is 4.41.